The van der Waals surface area contributed by atoms with E-state index in [9.17, 15) is 0 Å². The summed E-state index contributed by atoms with van der Waals surface area (Å²) in [4.78, 5) is 0. The average molecular weight is 300 g/mol. The molecule has 1 aromatic rings. The van der Waals surface area contributed by atoms with Crippen LogP contribution >= 0.6 is 23.2 Å². The third kappa shape index (κ3) is 4.66. The number of halogens is 2. The van der Waals surface area contributed by atoms with Gasteiger partial charge in [0.05, 0.1) is 0 Å². The Kier molecular flexibility index (Phi) is 6.00. The molecule has 106 valence electrons. The van der Waals surface area contributed by atoms with Crippen LogP contribution in [0.5, 0.6) is 0 Å². The predicted octanol–water partition coefficient (Wildman–Crippen LogP) is 5.09. The summed E-state index contributed by atoms with van der Waals surface area (Å²) in [5, 5.41) is 5.15. The summed E-state index contributed by atoms with van der Waals surface area (Å²) < 4.78 is 0. The minimum atomic E-state index is 0.684. The lowest BCUT2D eigenvalue weighted by atomic mass is 9.91. The zero-order valence-corrected chi connectivity index (χ0v) is 13.1. The summed E-state index contributed by atoms with van der Waals surface area (Å²) in [6.07, 6.45) is 7.69. The average Bonchev–Trinajstić information content (AvgIpc) is 2.59. The Morgan fingerprint density at radius 3 is 2.74 bits per heavy atom. The highest BCUT2D eigenvalue weighted by Gasteiger charge is 2.20. The monoisotopic (exact) mass is 299 g/mol. The van der Waals surface area contributed by atoms with Gasteiger partial charge in [0.2, 0.25) is 0 Å². The molecule has 2 atom stereocenters. The second-order valence-corrected chi connectivity index (χ2v) is 6.42. The summed E-state index contributed by atoms with van der Waals surface area (Å²) >= 11 is 12.2. The van der Waals surface area contributed by atoms with Gasteiger partial charge in [0.25, 0.3) is 0 Å². The van der Waals surface area contributed by atoms with Crippen LogP contribution in [0.15, 0.2) is 18.2 Å². The van der Waals surface area contributed by atoms with Gasteiger partial charge in [-0.3, -0.25) is 0 Å². The number of hydrogen-bond acceptors (Lipinski definition) is 1. The van der Waals surface area contributed by atoms with Crippen molar-refractivity contribution >= 4 is 23.2 Å². The van der Waals surface area contributed by atoms with E-state index in [1.165, 1.54) is 37.7 Å². The van der Waals surface area contributed by atoms with Crippen LogP contribution in [-0.4, -0.2) is 12.6 Å². The highest BCUT2D eigenvalue weighted by molar-refractivity contribution is 6.35. The minimum Gasteiger partial charge on any atom is -0.314 e. The maximum absolute atomic E-state index is 6.29. The summed E-state index contributed by atoms with van der Waals surface area (Å²) in [6.45, 7) is 3.26. The number of hydrogen-bond donors (Lipinski definition) is 1. The van der Waals surface area contributed by atoms with Crippen LogP contribution in [-0.2, 0) is 6.42 Å². The summed E-state index contributed by atoms with van der Waals surface area (Å²) in [6, 6.07) is 6.57. The molecule has 0 heterocycles. The van der Waals surface area contributed by atoms with Crippen molar-refractivity contribution < 1.29 is 0 Å². The fraction of sp³-hybridized carbons (Fsp3) is 0.625. The first-order chi connectivity index (χ1) is 9.19. The molecule has 0 radical (unpaired) electrons. The SMILES string of the molecule is CCNC1CCCCC(Cc2ccc(Cl)cc2Cl)C1. The van der Waals surface area contributed by atoms with E-state index in [1.54, 1.807) is 0 Å². The molecule has 19 heavy (non-hydrogen) atoms. The molecule has 0 amide bonds. The van der Waals surface area contributed by atoms with E-state index in [2.05, 4.69) is 18.3 Å². The molecule has 2 rings (SSSR count). The second-order valence-electron chi connectivity index (χ2n) is 5.58. The van der Waals surface area contributed by atoms with Crippen molar-refractivity contribution in [3.05, 3.63) is 33.8 Å². The van der Waals surface area contributed by atoms with Gasteiger partial charge in [-0.05, 0) is 49.4 Å². The Labute approximate surface area is 126 Å². The van der Waals surface area contributed by atoms with E-state index in [4.69, 9.17) is 23.2 Å². The molecule has 1 aliphatic rings. The first-order valence-electron chi connectivity index (χ1n) is 7.36. The molecule has 1 nitrogen and oxygen atoms in total. The van der Waals surface area contributed by atoms with Crippen molar-refractivity contribution in [2.24, 2.45) is 5.92 Å². The van der Waals surface area contributed by atoms with Gasteiger partial charge in [0, 0.05) is 16.1 Å². The Hall–Kier alpha value is -0.240. The van der Waals surface area contributed by atoms with Crippen LogP contribution < -0.4 is 5.32 Å². The first-order valence-corrected chi connectivity index (χ1v) is 8.12. The van der Waals surface area contributed by atoms with Gasteiger partial charge in [-0.1, -0.05) is 55.5 Å². The van der Waals surface area contributed by atoms with Crippen molar-refractivity contribution in [1.29, 1.82) is 0 Å². The Balaban J connectivity index is 2.00. The predicted molar refractivity (Wildman–Crippen MR) is 84.2 cm³/mol. The van der Waals surface area contributed by atoms with E-state index in [0.717, 1.165) is 28.9 Å². The molecular weight excluding hydrogens is 277 g/mol. The minimum absolute atomic E-state index is 0.684. The lowest BCUT2D eigenvalue weighted by Crippen LogP contribution is -2.30. The number of rotatable bonds is 4. The van der Waals surface area contributed by atoms with E-state index in [-0.39, 0.29) is 0 Å². The topological polar surface area (TPSA) is 12.0 Å². The molecule has 1 fully saturated rings. The van der Waals surface area contributed by atoms with Crippen molar-refractivity contribution in [1.82, 2.24) is 5.32 Å². The van der Waals surface area contributed by atoms with Crippen LogP contribution in [0.25, 0.3) is 0 Å². The van der Waals surface area contributed by atoms with Crippen LogP contribution in [0.3, 0.4) is 0 Å². The molecule has 1 saturated carbocycles. The van der Waals surface area contributed by atoms with E-state index in [0.29, 0.717) is 6.04 Å². The Bertz CT molecular complexity index is 406. The number of nitrogens with one attached hydrogen (secondary N) is 1. The van der Waals surface area contributed by atoms with Crippen LogP contribution in [0, 0.1) is 5.92 Å². The lowest BCUT2D eigenvalue weighted by Gasteiger charge is -2.21. The molecule has 1 N–H and O–H groups in total. The second kappa shape index (κ2) is 7.52. The third-order valence-electron chi connectivity index (χ3n) is 4.05. The van der Waals surface area contributed by atoms with E-state index < -0.39 is 0 Å². The van der Waals surface area contributed by atoms with Gasteiger partial charge in [-0.2, -0.15) is 0 Å². The molecule has 1 aliphatic carbocycles. The van der Waals surface area contributed by atoms with Crippen molar-refractivity contribution in [2.75, 3.05) is 6.54 Å². The fourth-order valence-corrected chi connectivity index (χ4v) is 3.61. The van der Waals surface area contributed by atoms with Gasteiger partial charge >= 0.3 is 0 Å². The van der Waals surface area contributed by atoms with Gasteiger partial charge < -0.3 is 5.32 Å². The van der Waals surface area contributed by atoms with E-state index in [1.807, 2.05) is 12.1 Å². The van der Waals surface area contributed by atoms with Crippen LogP contribution in [0.2, 0.25) is 10.0 Å². The quantitative estimate of drug-likeness (QED) is 0.763. The molecule has 0 aliphatic heterocycles. The Morgan fingerprint density at radius 1 is 1.21 bits per heavy atom. The van der Waals surface area contributed by atoms with Crippen molar-refractivity contribution in [3.63, 3.8) is 0 Å². The van der Waals surface area contributed by atoms with Gasteiger partial charge in [-0.25, -0.2) is 0 Å². The maximum atomic E-state index is 6.29. The molecule has 0 bridgehead atoms. The fourth-order valence-electron chi connectivity index (χ4n) is 3.12. The smallest absolute Gasteiger partial charge is 0.0452 e. The Morgan fingerprint density at radius 2 is 2.00 bits per heavy atom. The summed E-state index contributed by atoms with van der Waals surface area (Å²) in [7, 11) is 0. The third-order valence-corrected chi connectivity index (χ3v) is 4.64. The largest absolute Gasteiger partial charge is 0.314 e. The van der Waals surface area contributed by atoms with Gasteiger partial charge in [0.1, 0.15) is 0 Å². The summed E-state index contributed by atoms with van der Waals surface area (Å²) in [5.74, 6) is 0.741. The van der Waals surface area contributed by atoms with Crippen molar-refractivity contribution in [2.45, 2.75) is 51.5 Å². The highest BCUT2D eigenvalue weighted by atomic mass is 35.5. The number of benzene rings is 1. The normalized spacial score (nSPS) is 24.2. The highest BCUT2D eigenvalue weighted by Crippen LogP contribution is 2.30. The van der Waals surface area contributed by atoms with E-state index >= 15 is 0 Å². The van der Waals surface area contributed by atoms with Gasteiger partial charge in [0.15, 0.2) is 0 Å². The van der Waals surface area contributed by atoms with Gasteiger partial charge in [-0.15, -0.1) is 0 Å². The molecule has 0 aromatic heterocycles. The summed E-state index contributed by atoms with van der Waals surface area (Å²) in [5.41, 5.74) is 1.24. The first kappa shape index (κ1) is 15.2. The zero-order valence-electron chi connectivity index (χ0n) is 11.6. The molecule has 0 spiro atoms. The van der Waals surface area contributed by atoms with Crippen LogP contribution in [0.1, 0.15) is 44.6 Å². The van der Waals surface area contributed by atoms with Crippen LogP contribution in [0.4, 0.5) is 0 Å². The lowest BCUT2D eigenvalue weighted by molar-refractivity contribution is 0.389. The molecule has 3 heteroatoms. The zero-order chi connectivity index (χ0) is 13.7. The molecule has 1 aromatic carbocycles. The molecule has 0 saturated heterocycles. The molecular formula is C16H23Cl2N. The molecule has 2 unspecified atom stereocenters. The standard InChI is InChI=1S/C16H23Cl2N/c1-2-19-15-6-4-3-5-12(10-15)9-13-7-8-14(17)11-16(13)18/h7-8,11-12,15,19H,2-6,9-10H2,1H3. The van der Waals surface area contributed by atoms with Crippen molar-refractivity contribution in [3.8, 4) is 0 Å². The maximum Gasteiger partial charge on any atom is 0.0452 e.